The van der Waals surface area contributed by atoms with E-state index in [9.17, 15) is 4.79 Å². The van der Waals surface area contributed by atoms with Gasteiger partial charge in [0.15, 0.2) is 0 Å². The van der Waals surface area contributed by atoms with Crippen LogP contribution in [0, 0.1) is 0 Å². The van der Waals surface area contributed by atoms with Crippen molar-refractivity contribution in [2.24, 2.45) is 0 Å². The van der Waals surface area contributed by atoms with Gasteiger partial charge in [-0.25, -0.2) is 4.79 Å². The molecule has 1 amide bonds. The van der Waals surface area contributed by atoms with Crippen LogP contribution in [0.2, 0.25) is 0 Å². The molecular weight excluding hydrogens is 278 g/mol. The Morgan fingerprint density at radius 1 is 0.864 bits per heavy atom. The highest BCUT2D eigenvalue weighted by molar-refractivity contribution is 5.88. The number of ether oxygens (including phenoxy) is 2. The van der Waals surface area contributed by atoms with Crippen LogP contribution in [0.4, 0.5) is 10.5 Å². The zero-order chi connectivity index (χ0) is 15.4. The van der Waals surface area contributed by atoms with Gasteiger partial charge < -0.3 is 9.47 Å². The number of benzene rings is 3. The summed E-state index contributed by atoms with van der Waals surface area (Å²) in [5, 5.41) is 4.79. The fraction of sp³-hybridized carbons (Fsp3) is 0.0556. The number of carbonyl (C=O) groups excluding carboxylic acids is 1. The number of amides is 1. The molecule has 4 nitrogen and oxygen atoms in total. The normalized spacial score (nSPS) is 10.2. The Morgan fingerprint density at radius 3 is 2.50 bits per heavy atom. The molecule has 0 spiro atoms. The van der Waals surface area contributed by atoms with Crippen molar-refractivity contribution in [2.75, 3.05) is 12.4 Å². The summed E-state index contributed by atoms with van der Waals surface area (Å²) in [4.78, 5) is 11.9. The maximum atomic E-state index is 11.9. The van der Waals surface area contributed by atoms with Gasteiger partial charge in [0.25, 0.3) is 0 Å². The number of rotatable bonds is 3. The van der Waals surface area contributed by atoms with E-state index in [1.807, 2.05) is 36.4 Å². The quantitative estimate of drug-likeness (QED) is 0.775. The van der Waals surface area contributed by atoms with Crippen LogP contribution < -0.4 is 14.8 Å². The van der Waals surface area contributed by atoms with Crippen molar-refractivity contribution in [3.05, 3.63) is 66.7 Å². The molecule has 0 saturated heterocycles. The minimum Gasteiger partial charge on any atom is -0.497 e. The number of carbonyl (C=O) groups is 1. The van der Waals surface area contributed by atoms with E-state index in [0.29, 0.717) is 17.2 Å². The second kappa shape index (κ2) is 6.18. The zero-order valence-corrected chi connectivity index (χ0v) is 12.1. The number of hydrogen-bond acceptors (Lipinski definition) is 3. The second-order valence-electron chi connectivity index (χ2n) is 4.76. The molecule has 0 fully saturated rings. The molecule has 0 saturated carbocycles. The van der Waals surface area contributed by atoms with Gasteiger partial charge >= 0.3 is 6.09 Å². The number of anilines is 1. The van der Waals surface area contributed by atoms with Crippen LogP contribution in [0.1, 0.15) is 0 Å². The summed E-state index contributed by atoms with van der Waals surface area (Å²) in [5.74, 6) is 1.17. The molecule has 4 heteroatoms. The third-order valence-corrected chi connectivity index (χ3v) is 3.25. The highest BCUT2D eigenvalue weighted by Gasteiger charge is 2.06. The molecule has 0 aromatic heterocycles. The van der Waals surface area contributed by atoms with E-state index in [-0.39, 0.29) is 0 Å². The maximum absolute atomic E-state index is 11.9. The van der Waals surface area contributed by atoms with Crippen LogP contribution >= 0.6 is 0 Å². The van der Waals surface area contributed by atoms with Gasteiger partial charge in [-0.2, -0.15) is 0 Å². The Kier molecular flexibility index (Phi) is 3.92. The third kappa shape index (κ3) is 3.17. The average Bonchev–Trinajstić information content (AvgIpc) is 2.55. The molecule has 0 unspecified atom stereocenters. The molecule has 110 valence electrons. The van der Waals surface area contributed by atoms with Gasteiger partial charge in [-0.15, -0.1) is 0 Å². The molecule has 0 aliphatic carbocycles. The van der Waals surface area contributed by atoms with Crippen molar-refractivity contribution in [1.29, 1.82) is 0 Å². The first kappa shape index (κ1) is 13.9. The van der Waals surface area contributed by atoms with Crippen LogP contribution in [0.5, 0.6) is 11.5 Å². The molecule has 22 heavy (non-hydrogen) atoms. The lowest BCUT2D eigenvalue weighted by Gasteiger charge is -2.08. The van der Waals surface area contributed by atoms with Crippen LogP contribution in [0.3, 0.4) is 0 Å². The van der Waals surface area contributed by atoms with E-state index in [1.54, 1.807) is 37.4 Å². The lowest BCUT2D eigenvalue weighted by molar-refractivity contribution is 0.215. The van der Waals surface area contributed by atoms with Crippen molar-refractivity contribution in [2.45, 2.75) is 0 Å². The molecule has 0 heterocycles. The lowest BCUT2D eigenvalue weighted by Crippen LogP contribution is -2.16. The molecule has 1 N–H and O–H groups in total. The Bertz CT molecular complexity index is 814. The third-order valence-electron chi connectivity index (χ3n) is 3.25. The van der Waals surface area contributed by atoms with Crippen LogP contribution in [-0.4, -0.2) is 13.2 Å². The minimum absolute atomic E-state index is 0.499. The highest BCUT2D eigenvalue weighted by atomic mass is 16.6. The highest BCUT2D eigenvalue weighted by Crippen LogP contribution is 2.21. The molecule has 0 aliphatic heterocycles. The fourth-order valence-corrected chi connectivity index (χ4v) is 2.18. The number of hydrogen-bond donors (Lipinski definition) is 1. The summed E-state index contributed by atoms with van der Waals surface area (Å²) >= 11 is 0. The maximum Gasteiger partial charge on any atom is 0.417 e. The predicted octanol–water partition coefficient (Wildman–Crippen LogP) is 4.46. The molecule has 0 radical (unpaired) electrons. The Morgan fingerprint density at radius 2 is 1.68 bits per heavy atom. The van der Waals surface area contributed by atoms with Crippen LogP contribution in [0.25, 0.3) is 10.8 Å². The van der Waals surface area contributed by atoms with Gasteiger partial charge in [-0.1, -0.05) is 36.4 Å². The summed E-state index contributed by atoms with van der Waals surface area (Å²) in [5.41, 5.74) is 0.616. The van der Waals surface area contributed by atoms with Gasteiger partial charge in [0.2, 0.25) is 0 Å². The smallest absolute Gasteiger partial charge is 0.417 e. The average molecular weight is 293 g/mol. The van der Waals surface area contributed by atoms with E-state index in [2.05, 4.69) is 5.32 Å². The van der Waals surface area contributed by atoms with Gasteiger partial charge in [0.05, 0.1) is 7.11 Å². The molecule has 0 bridgehead atoms. The molecule has 0 aliphatic rings. The monoisotopic (exact) mass is 293 g/mol. The van der Waals surface area contributed by atoms with Crippen molar-refractivity contribution in [3.63, 3.8) is 0 Å². The number of methoxy groups -OCH3 is 1. The summed E-state index contributed by atoms with van der Waals surface area (Å²) in [6.07, 6.45) is -0.538. The predicted molar refractivity (Wildman–Crippen MR) is 86.6 cm³/mol. The van der Waals surface area contributed by atoms with Crippen molar-refractivity contribution in [1.82, 2.24) is 0 Å². The number of nitrogens with one attached hydrogen (secondary N) is 1. The molecule has 3 rings (SSSR count). The standard InChI is InChI=1S/C18H15NO3/c1-21-16-8-4-7-15(12-16)19-18(20)22-17-10-9-13-5-2-3-6-14(13)11-17/h2-12H,1H3,(H,19,20). The first-order valence-corrected chi connectivity index (χ1v) is 6.86. The summed E-state index contributed by atoms with van der Waals surface area (Å²) in [7, 11) is 1.58. The SMILES string of the molecule is COc1cccc(NC(=O)Oc2ccc3ccccc3c2)c1. The first-order chi connectivity index (χ1) is 10.7. The summed E-state index contributed by atoms with van der Waals surface area (Å²) in [6, 6.07) is 20.5. The van der Waals surface area contributed by atoms with Gasteiger partial charge in [0, 0.05) is 11.8 Å². The van der Waals surface area contributed by atoms with E-state index < -0.39 is 6.09 Å². The van der Waals surface area contributed by atoms with Gasteiger partial charge in [-0.05, 0) is 35.0 Å². The summed E-state index contributed by atoms with van der Waals surface area (Å²) in [6.45, 7) is 0. The lowest BCUT2D eigenvalue weighted by atomic mass is 10.1. The fourth-order valence-electron chi connectivity index (χ4n) is 2.18. The molecule has 0 atom stereocenters. The Labute approximate surface area is 128 Å². The first-order valence-electron chi connectivity index (χ1n) is 6.86. The minimum atomic E-state index is -0.538. The van der Waals surface area contributed by atoms with Crippen molar-refractivity contribution in [3.8, 4) is 11.5 Å². The molecule has 3 aromatic rings. The molecule has 3 aromatic carbocycles. The zero-order valence-electron chi connectivity index (χ0n) is 12.1. The Hall–Kier alpha value is -3.01. The van der Waals surface area contributed by atoms with E-state index in [0.717, 1.165) is 10.8 Å². The van der Waals surface area contributed by atoms with Crippen molar-refractivity contribution >= 4 is 22.6 Å². The Balaban J connectivity index is 1.72. The second-order valence-corrected chi connectivity index (χ2v) is 4.76. The largest absolute Gasteiger partial charge is 0.497 e. The van der Waals surface area contributed by atoms with Crippen molar-refractivity contribution < 1.29 is 14.3 Å². The van der Waals surface area contributed by atoms with E-state index in [1.165, 1.54) is 0 Å². The number of fused-ring (bicyclic) bond motifs is 1. The molecular formula is C18H15NO3. The van der Waals surface area contributed by atoms with Crippen LogP contribution in [-0.2, 0) is 0 Å². The van der Waals surface area contributed by atoms with E-state index >= 15 is 0 Å². The van der Waals surface area contributed by atoms with E-state index in [4.69, 9.17) is 9.47 Å². The van der Waals surface area contributed by atoms with Gasteiger partial charge in [0.1, 0.15) is 11.5 Å². The van der Waals surface area contributed by atoms with Crippen LogP contribution in [0.15, 0.2) is 66.7 Å². The topological polar surface area (TPSA) is 47.6 Å². The summed E-state index contributed by atoms with van der Waals surface area (Å²) < 4.78 is 10.4. The van der Waals surface area contributed by atoms with Gasteiger partial charge in [-0.3, -0.25) is 5.32 Å².